The quantitative estimate of drug-likeness (QED) is 0.248. The molecule has 0 fully saturated rings. The Hall–Kier alpha value is -2.92. The van der Waals surface area contributed by atoms with Crippen molar-refractivity contribution in [2.45, 2.75) is 5.16 Å². The van der Waals surface area contributed by atoms with Gasteiger partial charge in [-0.2, -0.15) is 5.10 Å². The van der Waals surface area contributed by atoms with Gasteiger partial charge in [0.15, 0.2) is 5.13 Å². The van der Waals surface area contributed by atoms with Crippen molar-refractivity contribution in [3.05, 3.63) is 47.5 Å². The van der Waals surface area contributed by atoms with E-state index in [-0.39, 0.29) is 17.6 Å². The summed E-state index contributed by atoms with van der Waals surface area (Å²) in [5.41, 5.74) is 3.65. The standard InChI is InChI=1S/C14H14N8OS2/c15-22-12(19-17-8-10-4-2-1-3-5-10)20-21-14(22)25-9-11(23)18-13-16-6-7-24-13/h1-8H,9,15H2,(H,19,20)(H,16,18,23)/b17-8+. The lowest BCUT2D eigenvalue weighted by Gasteiger charge is -2.03. The Morgan fingerprint density at radius 3 is 2.96 bits per heavy atom. The minimum Gasteiger partial charge on any atom is -0.334 e. The van der Waals surface area contributed by atoms with E-state index in [0.29, 0.717) is 10.3 Å². The van der Waals surface area contributed by atoms with Gasteiger partial charge in [0.25, 0.3) is 5.95 Å². The zero-order valence-corrected chi connectivity index (χ0v) is 14.5. The van der Waals surface area contributed by atoms with Crippen LogP contribution < -0.4 is 16.6 Å². The molecule has 0 saturated carbocycles. The maximum Gasteiger partial charge on any atom is 0.264 e. The molecule has 0 radical (unpaired) electrons. The lowest BCUT2D eigenvalue weighted by atomic mass is 10.2. The summed E-state index contributed by atoms with van der Waals surface area (Å²) in [6.07, 6.45) is 3.26. The molecule has 0 saturated heterocycles. The van der Waals surface area contributed by atoms with Gasteiger partial charge in [-0.1, -0.05) is 42.1 Å². The van der Waals surface area contributed by atoms with Crippen molar-refractivity contribution in [3.8, 4) is 0 Å². The fourth-order valence-corrected chi connectivity index (χ4v) is 2.93. The van der Waals surface area contributed by atoms with Crippen LogP contribution in [-0.4, -0.2) is 37.7 Å². The summed E-state index contributed by atoms with van der Waals surface area (Å²) in [5.74, 6) is 6.12. The number of benzene rings is 1. The zero-order valence-electron chi connectivity index (χ0n) is 12.9. The molecule has 1 aromatic carbocycles. The van der Waals surface area contributed by atoms with E-state index in [0.717, 1.165) is 17.3 Å². The summed E-state index contributed by atoms with van der Waals surface area (Å²) >= 11 is 2.52. The van der Waals surface area contributed by atoms with Gasteiger partial charge >= 0.3 is 0 Å². The molecule has 3 rings (SSSR count). The number of carbonyl (C=O) groups is 1. The molecule has 0 unspecified atom stereocenters. The molecule has 2 aromatic heterocycles. The van der Waals surface area contributed by atoms with Gasteiger partial charge in [0.2, 0.25) is 11.1 Å². The lowest BCUT2D eigenvalue weighted by molar-refractivity contribution is -0.113. The molecular formula is C14H14N8OS2. The van der Waals surface area contributed by atoms with Crippen LogP contribution in [0.1, 0.15) is 5.56 Å². The Kier molecular flexibility index (Phi) is 5.59. The predicted molar refractivity (Wildman–Crippen MR) is 99.3 cm³/mol. The van der Waals surface area contributed by atoms with Crippen LogP contribution in [0.4, 0.5) is 11.1 Å². The third-order valence-corrected chi connectivity index (χ3v) is 4.48. The SMILES string of the molecule is Nn1c(N/N=C/c2ccccc2)nnc1SCC(=O)Nc1nccs1. The molecule has 2 heterocycles. The second kappa shape index (κ2) is 8.26. The number of hydrogen-bond donors (Lipinski definition) is 3. The molecule has 0 aliphatic carbocycles. The van der Waals surface area contributed by atoms with Gasteiger partial charge in [-0.3, -0.25) is 4.79 Å². The van der Waals surface area contributed by atoms with Crippen molar-refractivity contribution < 1.29 is 4.79 Å². The number of thiazole rings is 1. The molecule has 3 aromatic rings. The first-order valence-corrected chi connectivity index (χ1v) is 8.95. The number of hydrogen-bond acceptors (Lipinski definition) is 9. The Bertz CT molecular complexity index is 847. The average molecular weight is 374 g/mol. The summed E-state index contributed by atoms with van der Waals surface area (Å²) in [6.45, 7) is 0. The van der Waals surface area contributed by atoms with Crippen LogP contribution in [0.3, 0.4) is 0 Å². The summed E-state index contributed by atoms with van der Waals surface area (Å²) < 4.78 is 1.24. The van der Waals surface area contributed by atoms with Crippen molar-refractivity contribution in [2.24, 2.45) is 5.10 Å². The summed E-state index contributed by atoms with van der Waals surface area (Å²) in [5, 5.41) is 17.3. The summed E-state index contributed by atoms with van der Waals surface area (Å²) in [4.78, 5) is 15.8. The third kappa shape index (κ3) is 4.78. The number of carbonyl (C=O) groups excluding carboxylic acids is 1. The second-order valence-electron chi connectivity index (χ2n) is 4.63. The summed E-state index contributed by atoms with van der Waals surface area (Å²) in [6, 6.07) is 9.59. The van der Waals surface area contributed by atoms with E-state index in [4.69, 9.17) is 5.84 Å². The Labute approximate surface area is 151 Å². The van der Waals surface area contributed by atoms with Gasteiger partial charge in [0, 0.05) is 11.6 Å². The van der Waals surface area contributed by atoms with Crippen molar-refractivity contribution in [2.75, 3.05) is 22.3 Å². The molecule has 0 aliphatic heterocycles. The number of nitrogens with one attached hydrogen (secondary N) is 2. The molecular weight excluding hydrogens is 360 g/mol. The van der Waals surface area contributed by atoms with Crippen LogP contribution in [0.15, 0.2) is 52.2 Å². The van der Waals surface area contributed by atoms with Gasteiger partial charge in [-0.15, -0.1) is 21.5 Å². The molecule has 0 spiro atoms. The zero-order chi connectivity index (χ0) is 17.5. The molecule has 0 bridgehead atoms. The number of thioether (sulfide) groups is 1. The maximum atomic E-state index is 11.8. The first-order chi connectivity index (χ1) is 12.2. The van der Waals surface area contributed by atoms with E-state index in [9.17, 15) is 4.79 Å². The van der Waals surface area contributed by atoms with Gasteiger partial charge in [-0.25, -0.2) is 15.1 Å². The van der Waals surface area contributed by atoms with Crippen LogP contribution in [0.5, 0.6) is 0 Å². The number of nitrogens with zero attached hydrogens (tertiary/aromatic N) is 5. The minimum absolute atomic E-state index is 0.141. The molecule has 128 valence electrons. The number of aromatic nitrogens is 4. The van der Waals surface area contributed by atoms with Crippen LogP contribution in [0.2, 0.25) is 0 Å². The molecule has 9 nitrogen and oxygen atoms in total. The van der Waals surface area contributed by atoms with Crippen LogP contribution in [0, 0.1) is 0 Å². The van der Waals surface area contributed by atoms with Crippen molar-refractivity contribution in [1.29, 1.82) is 0 Å². The number of rotatable bonds is 7. The number of amides is 1. The van der Waals surface area contributed by atoms with Crippen molar-refractivity contribution in [3.63, 3.8) is 0 Å². The highest BCUT2D eigenvalue weighted by molar-refractivity contribution is 7.99. The van der Waals surface area contributed by atoms with E-state index in [1.54, 1.807) is 17.8 Å². The van der Waals surface area contributed by atoms with Crippen LogP contribution >= 0.6 is 23.1 Å². The number of nitrogens with two attached hydrogens (primary N) is 1. The highest BCUT2D eigenvalue weighted by Gasteiger charge is 2.12. The predicted octanol–water partition coefficient (Wildman–Crippen LogP) is 1.63. The second-order valence-corrected chi connectivity index (χ2v) is 6.47. The minimum atomic E-state index is -0.195. The first-order valence-electron chi connectivity index (χ1n) is 7.09. The molecule has 11 heteroatoms. The van der Waals surface area contributed by atoms with Crippen molar-refractivity contribution in [1.82, 2.24) is 19.9 Å². The van der Waals surface area contributed by atoms with Crippen molar-refractivity contribution >= 4 is 46.3 Å². The fourth-order valence-electron chi connectivity index (χ4n) is 1.73. The summed E-state index contributed by atoms with van der Waals surface area (Å²) in [7, 11) is 0. The van der Waals surface area contributed by atoms with Crippen LogP contribution in [-0.2, 0) is 4.79 Å². The normalized spacial score (nSPS) is 10.9. The first kappa shape index (κ1) is 16.9. The van der Waals surface area contributed by atoms with E-state index >= 15 is 0 Å². The molecule has 0 aliphatic rings. The van der Waals surface area contributed by atoms with E-state index in [1.165, 1.54) is 16.0 Å². The Morgan fingerprint density at radius 2 is 2.20 bits per heavy atom. The smallest absolute Gasteiger partial charge is 0.264 e. The van der Waals surface area contributed by atoms with Crippen LogP contribution in [0.25, 0.3) is 0 Å². The third-order valence-electron chi connectivity index (χ3n) is 2.85. The number of hydrazone groups is 1. The van der Waals surface area contributed by atoms with Gasteiger partial charge in [0.05, 0.1) is 12.0 Å². The Morgan fingerprint density at radius 1 is 1.36 bits per heavy atom. The van der Waals surface area contributed by atoms with E-state index < -0.39 is 0 Å². The van der Waals surface area contributed by atoms with Gasteiger partial charge < -0.3 is 11.2 Å². The largest absolute Gasteiger partial charge is 0.334 e. The average Bonchev–Trinajstić information content (AvgIpc) is 3.25. The lowest BCUT2D eigenvalue weighted by Crippen LogP contribution is -2.16. The van der Waals surface area contributed by atoms with E-state index in [2.05, 4.69) is 31.0 Å². The number of nitrogen functional groups attached to an aromatic ring is 1. The van der Waals surface area contributed by atoms with Gasteiger partial charge in [-0.05, 0) is 5.56 Å². The topological polar surface area (TPSA) is 123 Å². The number of anilines is 2. The fraction of sp³-hybridized carbons (Fsp3) is 0.0714. The highest BCUT2D eigenvalue weighted by atomic mass is 32.2. The maximum absolute atomic E-state index is 11.8. The monoisotopic (exact) mass is 374 g/mol. The molecule has 25 heavy (non-hydrogen) atoms. The Balaban J connectivity index is 1.52. The molecule has 1 amide bonds. The van der Waals surface area contributed by atoms with E-state index in [1.807, 2.05) is 30.3 Å². The highest BCUT2D eigenvalue weighted by Crippen LogP contribution is 2.17. The molecule has 4 N–H and O–H groups in total. The molecule has 0 atom stereocenters. The van der Waals surface area contributed by atoms with Gasteiger partial charge in [0.1, 0.15) is 0 Å².